The van der Waals surface area contributed by atoms with Crippen LogP contribution in [0.4, 0.5) is 0 Å². The first-order valence-corrected chi connectivity index (χ1v) is 11.7. The molecule has 4 N–H and O–H groups in total. The fourth-order valence-electron chi connectivity index (χ4n) is 3.98. The van der Waals surface area contributed by atoms with E-state index in [2.05, 4.69) is 10.3 Å². The number of aromatic nitrogens is 1. The lowest BCUT2D eigenvalue weighted by molar-refractivity contribution is 0.0699. The van der Waals surface area contributed by atoms with Gasteiger partial charge in [-0.05, 0) is 61.5 Å². The van der Waals surface area contributed by atoms with Gasteiger partial charge in [-0.1, -0.05) is 24.3 Å². The Kier molecular flexibility index (Phi) is 8.38. The smallest absolute Gasteiger partial charge is 0.336 e. The van der Waals surface area contributed by atoms with Crippen molar-refractivity contribution in [3.8, 4) is 16.2 Å². The third-order valence-corrected chi connectivity index (χ3v) is 6.47. The largest absolute Gasteiger partial charge is 0.490 e. The molecule has 0 aliphatic carbocycles. The number of carboxylic acids is 1. The molecule has 0 bridgehead atoms. The number of carbonyl (C=O) groups is 1. The monoisotopic (exact) mass is 500 g/mol. The van der Waals surface area contributed by atoms with Crippen LogP contribution < -0.4 is 10.1 Å². The van der Waals surface area contributed by atoms with Crippen LogP contribution in [0.25, 0.3) is 21.3 Å². The maximum atomic E-state index is 11.7. The molecule has 6 nitrogen and oxygen atoms in total. The number of aromatic amines is 1. The molecule has 0 spiro atoms. The molecule has 0 unspecified atom stereocenters. The summed E-state index contributed by atoms with van der Waals surface area (Å²) < 4.78 is 5.94. The highest BCUT2D eigenvalue weighted by atomic mass is 35.5. The molecule has 8 heteroatoms. The molecule has 4 rings (SSSR count). The summed E-state index contributed by atoms with van der Waals surface area (Å²) >= 11 is 1.65. The zero-order valence-corrected chi connectivity index (χ0v) is 20.7. The van der Waals surface area contributed by atoms with Crippen molar-refractivity contribution in [1.82, 2.24) is 10.3 Å². The van der Waals surface area contributed by atoms with Gasteiger partial charge in [-0.25, -0.2) is 4.79 Å². The number of benzene rings is 2. The number of aromatic carboxylic acids is 1. The SMILES string of the molecule is CC(C)(Cc1c[nH]c2cccc(C(=O)O)c12)NC[C@H](O)COc1ccccc1-c1cccs1.Cl. The Bertz CT molecular complexity index is 1240. The number of ether oxygens (including phenoxy) is 1. The van der Waals surface area contributed by atoms with Gasteiger partial charge >= 0.3 is 5.97 Å². The quantitative estimate of drug-likeness (QED) is 0.235. The van der Waals surface area contributed by atoms with Crippen molar-refractivity contribution >= 4 is 40.6 Å². The maximum Gasteiger partial charge on any atom is 0.336 e. The predicted molar refractivity (Wildman–Crippen MR) is 140 cm³/mol. The maximum absolute atomic E-state index is 11.7. The van der Waals surface area contributed by atoms with E-state index in [-0.39, 0.29) is 30.1 Å². The summed E-state index contributed by atoms with van der Waals surface area (Å²) in [5.74, 6) is -0.194. The lowest BCUT2D eigenvalue weighted by Gasteiger charge is -2.28. The summed E-state index contributed by atoms with van der Waals surface area (Å²) in [5, 5.41) is 26.3. The molecular weight excluding hydrogens is 472 g/mol. The lowest BCUT2D eigenvalue weighted by atomic mass is 9.93. The van der Waals surface area contributed by atoms with E-state index in [4.69, 9.17) is 4.74 Å². The summed E-state index contributed by atoms with van der Waals surface area (Å²) in [5.41, 5.74) is 2.67. The van der Waals surface area contributed by atoms with Crippen molar-refractivity contribution in [2.45, 2.75) is 31.9 Å². The number of hydrogen-bond donors (Lipinski definition) is 4. The molecule has 180 valence electrons. The van der Waals surface area contributed by atoms with Crippen LogP contribution in [-0.4, -0.2) is 46.0 Å². The molecule has 0 amide bonds. The summed E-state index contributed by atoms with van der Waals surface area (Å²) in [6, 6.07) is 17.1. The van der Waals surface area contributed by atoms with E-state index >= 15 is 0 Å². The van der Waals surface area contributed by atoms with E-state index in [0.29, 0.717) is 13.0 Å². The predicted octanol–water partition coefficient (Wildman–Crippen LogP) is 5.37. The van der Waals surface area contributed by atoms with Gasteiger partial charge in [-0.3, -0.25) is 0 Å². The Balaban J connectivity index is 0.00000324. The van der Waals surface area contributed by atoms with Gasteiger partial charge in [0.15, 0.2) is 0 Å². The standard InChI is InChI=1S/C26H28N2O4S.ClH/c1-26(2,13-17-14-27-21-9-5-8-20(24(17)21)25(30)31)28-15-18(29)16-32-22-10-4-3-7-19(22)23-11-6-12-33-23;/h3-12,14,18,27-29H,13,15-16H2,1-2H3,(H,30,31);1H/t18-;/m0./s1. The number of nitrogens with one attached hydrogen (secondary N) is 2. The Hall–Kier alpha value is -2.84. The first kappa shape index (κ1) is 25.8. The summed E-state index contributed by atoms with van der Waals surface area (Å²) in [7, 11) is 0. The highest BCUT2D eigenvalue weighted by molar-refractivity contribution is 7.13. The Labute approximate surface area is 209 Å². The molecule has 2 heterocycles. The first-order chi connectivity index (χ1) is 15.8. The second-order valence-electron chi connectivity index (χ2n) is 8.73. The number of aliphatic hydroxyl groups excluding tert-OH is 1. The summed E-state index contributed by atoms with van der Waals surface area (Å²) in [6.45, 7) is 4.59. The van der Waals surface area contributed by atoms with E-state index in [1.807, 2.05) is 67.9 Å². The number of thiophene rings is 1. The van der Waals surface area contributed by atoms with Crippen LogP contribution >= 0.6 is 23.7 Å². The molecule has 34 heavy (non-hydrogen) atoms. The van der Waals surface area contributed by atoms with E-state index in [1.165, 1.54) is 0 Å². The molecule has 0 saturated heterocycles. The molecular formula is C26H29ClN2O4S. The molecule has 0 aliphatic rings. The lowest BCUT2D eigenvalue weighted by Crippen LogP contribution is -2.46. The zero-order valence-electron chi connectivity index (χ0n) is 19.1. The molecule has 2 aromatic carbocycles. The Morgan fingerprint density at radius 1 is 1.15 bits per heavy atom. The number of carboxylic acid groups (broad SMARTS) is 1. The van der Waals surface area contributed by atoms with Gasteiger partial charge in [0.05, 0.1) is 5.56 Å². The minimum atomic E-state index is -0.942. The molecule has 4 aromatic rings. The number of β-amino-alcohol motifs (C(OH)–C–C–N with tert-alkyl or cyclic N) is 1. The molecule has 0 fully saturated rings. The van der Waals surface area contributed by atoms with E-state index in [9.17, 15) is 15.0 Å². The molecule has 1 atom stereocenters. The highest BCUT2D eigenvalue weighted by Gasteiger charge is 2.23. The number of aliphatic hydroxyl groups is 1. The average molecular weight is 501 g/mol. The third-order valence-electron chi connectivity index (χ3n) is 5.57. The highest BCUT2D eigenvalue weighted by Crippen LogP contribution is 2.33. The molecule has 0 saturated carbocycles. The number of para-hydroxylation sites is 1. The second-order valence-corrected chi connectivity index (χ2v) is 9.67. The van der Waals surface area contributed by atoms with Crippen LogP contribution in [0.5, 0.6) is 5.75 Å². The summed E-state index contributed by atoms with van der Waals surface area (Å²) in [4.78, 5) is 15.9. The molecule has 2 aromatic heterocycles. The summed E-state index contributed by atoms with van der Waals surface area (Å²) in [6.07, 6.45) is 1.77. The minimum absolute atomic E-state index is 0. The van der Waals surface area contributed by atoms with Crippen molar-refractivity contribution in [3.63, 3.8) is 0 Å². The van der Waals surface area contributed by atoms with Crippen LogP contribution in [0.3, 0.4) is 0 Å². The number of H-pyrrole nitrogens is 1. The van der Waals surface area contributed by atoms with Crippen molar-refractivity contribution in [2.24, 2.45) is 0 Å². The van der Waals surface area contributed by atoms with E-state index in [1.54, 1.807) is 23.5 Å². The number of hydrogen-bond acceptors (Lipinski definition) is 5. The van der Waals surface area contributed by atoms with Crippen LogP contribution in [-0.2, 0) is 6.42 Å². The van der Waals surface area contributed by atoms with Gasteiger partial charge in [0.1, 0.15) is 18.5 Å². The average Bonchev–Trinajstić information content (AvgIpc) is 3.47. The van der Waals surface area contributed by atoms with Gasteiger partial charge in [0.2, 0.25) is 0 Å². The fraction of sp³-hybridized carbons (Fsp3) is 0.269. The van der Waals surface area contributed by atoms with Gasteiger partial charge in [-0.15, -0.1) is 23.7 Å². The van der Waals surface area contributed by atoms with E-state index in [0.717, 1.165) is 32.7 Å². The van der Waals surface area contributed by atoms with Gasteiger partial charge in [0.25, 0.3) is 0 Å². The van der Waals surface area contributed by atoms with Gasteiger partial charge in [0, 0.05) is 39.6 Å². The Morgan fingerprint density at radius 3 is 2.68 bits per heavy atom. The van der Waals surface area contributed by atoms with Crippen molar-refractivity contribution < 1.29 is 19.7 Å². The first-order valence-electron chi connectivity index (χ1n) is 10.8. The second kappa shape index (κ2) is 11.1. The fourth-order valence-corrected chi connectivity index (χ4v) is 4.74. The van der Waals surface area contributed by atoms with Crippen molar-refractivity contribution in [3.05, 3.63) is 77.3 Å². The van der Waals surface area contributed by atoms with Crippen molar-refractivity contribution in [2.75, 3.05) is 13.2 Å². The van der Waals surface area contributed by atoms with Crippen LogP contribution in [0.1, 0.15) is 29.8 Å². The zero-order chi connectivity index (χ0) is 23.4. The molecule has 0 radical (unpaired) electrons. The Morgan fingerprint density at radius 2 is 1.94 bits per heavy atom. The van der Waals surface area contributed by atoms with E-state index < -0.39 is 12.1 Å². The van der Waals surface area contributed by atoms with Crippen LogP contribution in [0.2, 0.25) is 0 Å². The molecule has 0 aliphatic heterocycles. The topological polar surface area (TPSA) is 94.6 Å². The normalized spacial score (nSPS) is 12.3. The van der Waals surface area contributed by atoms with Crippen molar-refractivity contribution in [1.29, 1.82) is 0 Å². The third kappa shape index (κ3) is 5.98. The van der Waals surface area contributed by atoms with Gasteiger partial charge < -0.3 is 25.3 Å². The minimum Gasteiger partial charge on any atom is -0.490 e. The van der Waals surface area contributed by atoms with Crippen LogP contribution in [0.15, 0.2) is 66.2 Å². The number of halogens is 1. The van der Waals surface area contributed by atoms with Crippen LogP contribution in [0, 0.1) is 0 Å². The number of rotatable bonds is 10. The van der Waals surface area contributed by atoms with Gasteiger partial charge in [-0.2, -0.15) is 0 Å². The number of fused-ring (bicyclic) bond motifs is 1.